The van der Waals surface area contributed by atoms with Crippen LogP contribution >= 0.6 is 15.9 Å². The van der Waals surface area contributed by atoms with Crippen molar-refractivity contribution in [3.63, 3.8) is 0 Å². The lowest BCUT2D eigenvalue weighted by molar-refractivity contribution is -0.123. The quantitative estimate of drug-likeness (QED) is 0.803. The van der Waals surface area contributed by atoms with E-state index in [1.54, 1.807) is 6.07 Å². The number of aliphatic hydroxyl groups excluding tert-OH is 1. The Bertz CT molecular complexity index is 614. The predicted octanol–water partition coefficient (Wildman–Crippen LogP) is 1.16. The van der Waals surface area contributed by atoms with Gasteiger partial charge in [0.2, 0.25) is 0 Å². The lowest BCUT2D eigenvalue weighted by atomic mass is 10.1. The summed E-state index contributed by atoms with van der Waals surface area (Å²) in [5.74, 6) is -0.416. The van der Waals surface area contributed by atoms with E-state index in [0.717, 1.165) is 10.2 Å². The number of ether oxygens (including phenoxy) is 1. The molecule has 2 heterocycles. The average molecular weight is 338 g/mol. The van der Waals surface area contributed by atoms with E-state index in [-0.39, 0.29) is 0 Å². The minimum absolute atomic E-state index is 0.416. The molecule has 0 spiro atoms. The molecule has 0 saturated carbocycles. The van der Waals surface area contributed by atoms with Crippen LogP contribution in [-0.4, -0.2) is 36.8 Å². The normalized spacial score (nSPS) is 25.1. The number of fused-ring (bicyclic) bond motifs is 1. The molecule has 1 amide bonds. The van der Waals surface area contributed by atoms with E-state index in [4.69, 9.17) is 10.00 Å². The predicted molar refractivity (Wildman–Crippen MR) is 75.3 cm³/mol. The Hall–Kier alpha value is -1.62. The van der Waals surface area contributed by atoms with Gasteiger partial charge >= 0.3 is 0 Å². The molecule has 1 fully saturated rings. The summed E-state index contributed by atoms with van der Waals surface area (Å²) in [5.41, 5.74) is 2.05. The van der Waals surface area contributed by atoms with Gasteiger partial charge in [-0.15, -0.1) is 0 Å². The molecular formula is C13H12BrN3O3. The molecule has 2 N–H and O–H groups in total. The summed E-state index contributed by atoms with van der Waals surface area (Å²) in [6, 6.07) is 5.65. The number of aliphatic hydroxyl groups is 1. The molecule has 1 saturated heterocycles. The third kappa shape index (κ3) is 2.16. The van der Waals surface area contributed by atoms with E-state index in [1.165, 1.54) is 0 Å². The second kappa shape index (κ2) is 5.05. The van der Waals surface area contributed by atoms with Gasteiger partial charge in [0.1, 0.15) is 0 Å². The standard InChI is InChI=1S/C13H12BrN3O3/c14-9-3-8-10(16-13(19)12(8)18)4-11(9)17-1-2-20-7(5-15)6-17/h3-4,7,12,18H,1-2,6H2,(H,16,19). The highest BCUT2D eigenvalue weighted by Gasteiger charge is 2.31. The molecule has 6 nitrogen and oxygen atoms in total. The van der Waals surface area contributed by atoms with Crippen LogP contribution in [0.25, 0.3) is 0 Å². The Kier molecular flexibility index (Phi) is 3.38. The van der Waals surface area contributed by atoms with Crippen LogP contribution in [0.15, 0.2) is 16.6 Å². The van der Waals surface area contributed by atoms with Crippen molar-refractivity contribution in [3.8, 4) is 6.07 Å². The SMILES string of the molecule is N#CC1CN(c2cc3c(cc2Br)C(O)C(=O)N3)CCO1. The first kappa shape index (κ1) is 13.4. The fourth-order valence-electron chi connectivity index (χ4n) is 2.44. The molecule has 0 aromatic heterocycles. The molecule has 3 rings (SSSR count). The maximum Gasteiger partial charge on any atom is 0.257 e. The molecule has 7 heteroatoms. The van der Waals surface area contributed by atoms with Crippen molar-refractivity contribution in [1.29, 1.82) is 5.26 Å². The second-order valence-electron chi connectivity index (χ2n) is 4.72. The van der Waals surface area contributed by atoms with Crippen LogP contribution < -0.4 is 10.2 Å². The summed E-state index contributed by atoms with van der Waals surface area (Å²) < 4.78 is 6.10. The number of morpholine rings is 1. The van der Waals surface area contributed by atoms with Crippen LogP contribution in [-0.2, 0) is 9.53 Å². The van der Waals surface area contributed by atoms with Gasteiger partial charge in [-0.1, -0.05) is 0 Å². The maximum absolute atomic E-state index is 11.5. The highest BCUT2D eigenvalue weighted by Crippen LogP contribution is 2.39. The summed E-state index contributed by atoms with van der Waals surface area (Å²) in [6.45, 7) is 1.63. The smallest absolute Gasteiger partial charge is 0.257 e. The van der Waals surface area contributed by atoms with Crippen LogP contribution in [0.1, 0.15) is 11.7 Å². The first-order valence-corrected chi connectivity index (χ1v) is 6.98. The highest BCUT2D eigenvalue weighted by atomic mass is 79.9. The largest absolute Gasteiger partial charge is 0.378 e. The summed E-state index contributed by atoms with van der Waals surface area (Å²) in [6.07, 6.45) is -1.57. The number of halogens is 1. The number of hydrogen-bond acceptors (Lipinski definition) is 5. The number of amides is 1. The van der Waals surface area contributed by atoms with E-state index in [0.29, 0.717) is 30.9 Å². The second-order valence-corrected chi connectivity index (χ2v) is 5.57. The number of benzene rings is 1. The molecule has 1 aromatic rings. The third-order valence-electron chi connectivity index (χ3n) is 3.47. The number of nitrogens with one attached hydrogen (secondary N) is 1. The fraction of sp³-hybridized carbons (Fsp3) is 0.385. The average Bonchev–Trinajstić information content (AvgIpc) is 2.73. The molecule has 2 unspecified atom stereocenters. The Balaban J connectivity index is 1.94. The molecule has 104 valence electrons. The molecule has 20 heavy (non-hydrogen) atoms. The van der Waals surface area contributed by atoms with Crippen molar-refractivity contribution in [2.24, 2.45) is 0 Å². The van der Waals surface area contributed by atoms with Crippen LogP contribution in [0.2, 0.25) is 0 Å². The molecule has 1 aromatic carbocycles. The van der Waals surface area contributed by atoms with Gasteiger partial charge in [0, 0.05) is 22.3 Å². The fourth-order valence-corrected chi connectivity index (χ4v) is 3.05. The molecule has 0 bridgehead atoms. The zero-order chi connectivity index (χ0) is 14.3. The first-order chi connectivity index (χ1) is 9.60. The van der Waals surface area contributed by atoms with Gasteiger partial charge in [0.15, 0.2) is 12.2 Å². The number of anilines is 2. The number of nitrogens with zero attached hydrogens (tertiary/aromatic N) is 2. The van der Waals surface area contributed by atoms with Crippen molar-refractivity contribution in [2.45, 2.75) is 12.2 Å². The van der Waals surface area contributed by atoms with E-state index in [9.17, 15) is 9.90 Å². The van der Waals surface area contributed by atoms with E-state index in [1.807, 2.05) is 11.0 Å². The number of carbonyl (C=O) groups excluding carboxylic acids is 1. The summed E-state index contributed by atoms with van der Waals surface area (Å²) in [7, 11) is 0. The van der Waals surface area contributed by atoms with Crippen molar-refractivity contribution < 1.29 is 14.6 Å². The van der Waals surface area contributed by atoms with Gasteiger partial charge in [0.05, 0.1) is 24.9 Å². The number of rotatable bonds is 1. The summed E-state index contributed by atoms with van der Waals surface area (Å²) in [4.78, 5) is 13.5. The summed E-state index contributed by atoms with van der Waals surface area (Å²) >= 11 is 3.46. The molecule has 0 radical (unpaired) electrons. The highest BCUT2D eigenvalue weighted by molar-refractivity contribution is 9.10. The molecule has 2 atom stereocenters. The minimum atomic E-state index is -1.12. The molecular weight excluding hydrogens is 326 g/mol. The van der Waals surface area contributed by atoms with Gasteiger partial charge in [-0.05, 0) is 28.1 Å². The first-order valence-electron chi connectivity index (χ1n) is 6.18. The zero-order valence-corrected chi connectivity index (χ0v) is 12.1. The number of hydrogen-bond donors (Lipinski definition) is 2. The van der Waals surface area contributed by atoms with E-state index >= 15 is 0 Å². The van der Waals surface area contributed by atoms with Crippen LogP contribution in [0, 0.1) is 11.3 Å². The monoisotopic (exact) mass is 337 g/mol. The van der Waals surface area contributed by atoms with Crippen molar-refractivity contribution in [1.82, 2.24) is 0 Å². The van der Waals surface area contributed by atoms with Gasteiger partial charge in [-0.2, -0.15) is 5.26 Å². The lowest BCUT2D eigenvalue weighted by Crippen LogP contribution is -2.42. The maximum atomic E-state index is 11.5. The lowest BCUT2D eigenvalue weighted by Gasteiger charge is -2.32. The Morgan fingerprint density at radius 3 is 3.10 bits per heavy atom. The topological polar surface area (TPSA) is 85.6 Å². The van der Waals surface area contributed by atoms with Crippen LogP contribution in [0.5, 0.6) is 0 Å². The van der Waals surface area contributed by atoms with Gasteiger partial charge < -0.3 is 20.1 Å². The number of carbonyl (C=O) groups is 1. The summed E-state index contributed by atoms with van der Waals surface area (Å²) in [5, 5.41) is 21.3. The van der Waals surface area contributed by atoms with E-state index in [2.05, 4.69) is 27.3 Å². The van der Waals surface area contributed by atoms with Gasteiger partial charge in [-0.25, -0.2) is 0 Å². The number of nitriles is 1. The Labute approximate surface area is 124 Å². The van der Waals surface area contributed by atoms with Gasteiger partial charge in [0.25, 0.3) is 5.91 Å². The van der Waals surface area contributed by atoms with Crippen molar-refractivity contribution in [3.05, 3.63) is 22.2 Å². The zero-order valence-electron chi connectivity index (χ0n) is 10.5. The molecule has 0 aliphatic carbocycles. The van der Waals surface area contributed by atoms with Crippen molar-refractivity contribution in [2.75, 3.05) is 29.9 Å². The molecule has 2 aliphatic heterocycles. The molecule has 2 aliphatic rings. The third-order valence-corrected chi connectivity index (χ3v) is 4.11. The Morgan fingerprint density at radius 2 is 2.35 bits per heavy atom. The van der Waals surface area contributed by atoms with Crippen LogP contribution in [0.4, 0.5) is 11.4 Å². The van der Waals surface area contributed by atoms with E-state index < -0.39 is 18.1 Å². The van der Waals surface area contributed by atoms with Gasteiger partial charge in [-0.3, -0.25) is 4.79 Å². The van der Waals surface area contributed by atoms with Crippen molar-refractivity contribution >= 4 is 33.2 Å². The van der Waals surface area contributed by atoms with Crippen LogP contribution in [0.3, 0.4) is 0 Å². The minimum Gasteiger partial charge on any atom is -0.378 e. The Morgan fingerprint density at radius 1 is 1.55 bits per heavy atom.